The summed E-state index contributed by atoms with van der Waals surface area (Å²) in [6.07, 6.45) is 23.0. The molecular formula is C24H42O6S. The van der Waals surface area contributed by atoms with E-state index in [1.54, 1.807) is 0 Å². The maximum Gasteiger partial charge on any atom is 0.399 e. The highest BCUT2D eigenvalue weighted by Crippen LogP contribution is 2.12. The number of carboxylic acids is 1. The minimum absolute atomic E-state index is 0.478. The summed E-state index contributed by atoms with van der Waals surface area (Å²) < 4.78 is 33.6. The number of unbranched alkanes of at least 4 members (excludes halogenated alkanes) is 15. The molecule has 0 radical (unpaired) electrons. The van der Waals surface area contributed by atoms with E-state index >= 15 is 0 Å². The van der Waals surface area contributed by atoms with Gasteiger partial charge in [0.15, 0.2) is 0 Å². The second kappa shape index (κ2) is 20.5. The van der Waals surface area contributed by atoms with Crippen LogP contribution in [-0.2, 0) is 19.4 Å². The number of carboxylic acid groups (broad SMARTS) is 1. The van der Waals surface area contributed by atoms with Crippen LogP contribution in [0.2, 0.25) is 0 Å². The fraction of sp³-hybridized carbons (Fsp3) is 0.792. The summed E-state index contributed by atoms with van der Waals surface area (Å²) in [4.78, 5) is 10.8. The van der Waals surface area contributed by atoms with Gasteiger partial charge in [-0.1, -0.05) is 102 Å². The third kappa shape index (κ3) is 23.1. The van der Waals surface area contributed by atoms with E-state index in [1.165, 1.54) is 83.5 Å². The molecule has 7 heteroatoms. The molecule has 0 rings (SSSR count). The molecule has 0 aromatic rings. The molecule has 6 nitrogen and oxygen atoms in total. The molecule has 0 amide bonds. The summed E-state index contributed by atoms with van der Waals surface area (Å²) in [5, 5.41) is 8.79. The van der Waals surface area contributed by atoms with E-state index in [-0.39, 0.29) is 0 Å². The van der Waals surface area contributed by atoms with Crippen LogP contribution in [0.3, 0.4) is 0 Å². The molecule has 180 valence electrons. The number of hydrogen-bond acceptors (Lipinski definition) is 4. The molecule has 0 saturated carbocycles. The number of carbonyl (C=O) groups is 1. The number of aliphatic carboxylic acids is 1. The van der Waals surface area contributed by atoms with Crippen LogP contribution >= 0.6 is 0 Å². The number of rotatable bonds is 20. The zero-order valence-electron chi connectivity index (χ0n) is 19.2. The lowest BCUT2D eigenvalue weighted by Crippen LogP contribution is -2.25. The van der Waals surface area contributed by atoms with Crippen molar-refractivity contribution in [3.8, 4) is 11.8 Å². The number of hydrogen-bond donors (Lipinski definition) is 2. The van der Waals surface area contributed by atoms with Gasteiger partial charge in [-0.15, -0.1) is 0 Å². The highest BCUT2D eigenvalue weighted by molar-refractivity contribution is 7.80. The van der Waals surface area contributed by atoms with Crippen LogP contribution < -0.4 is 0 Å². The van der Waals surface area contributed by atoms with Crippen molar-refractivity contribution < 1.29 is 27.1 Å². The van der Waals surface area contributed by atoms with Gasteiger partial charge in [-0.3, -0.25) is 4.55 Å². The van der Waals surface area contributed by atoms with Crippen molar-refractivity contribution in [3.63, 3.8) is 0 Å². The SMILES string of the molecule is CCCCCCC=CCCCCCCCCCCCCC#C[C@@H](OS(=O)(=O)O)C(=O)O. The quantitative estimate of drug-likeness (QED) is 0.0938. The van der Waals surface area contributed by atoms with Crippen LogP contribution in [-0.4, -0.2) is 30.2 Å². The Balaban J connectivity index is 3.46. The zero-order valence-corrected chi connectivity index (χ0v) is 20.0. The van der Waals surface area contributed by atoms with E-state index in [9.17, 15) is 13.2 Å². The standard InChI is InChI=1S/C24H42O6S/c1-2-3-4-5-6-7-8-9-10-11-12-13-14-15-16-17-18-19-20-21-22-23(24(25)26)30-31(27,28)29/h7-8,23H,2-6,9-20H2,1H3,(H,25,26)(H,27,28,29)/t23-/m1/s1. The van der Waals surface area contributed by atoms with E-state index < -0.39 is 22.5 Å². The summed E-state index contributed by atoms with van der Waals surface area (Å²) in [5.41, 5.74) is 0. The summed E-state index contributed by atoms with van der Waals surface area (Å²) in [7, 11) is -4.83. The fourth-order valence-electron chi connectivity index (χ4n) is 3.23. The van der Waals surface area contributed by atoms with Crippen LogP contribution in [0.4, 0.5) is 0 Å². The molecule has 0 aliphatic carbocycles. The van der Waals surface area contributed by atoms with E-state index in [2.05, 4.69) is 35.1 Å². The highest BCUT2D eigenvalue weighted by Gasteiger charge is 2.21. The first kappa shape index (κ1) is 29.6. The normalized spacial score (nSPS) is 12.6. The van der Waals surface area contributed by atoms with Crippen molar-refractivity contribution >= 4 is 16.4 Å². The average Bonchev–Trinajstić information content (AvgIpc) is 2.70. The first-order valence-corrected chi connectivity index (χ1v) is 13.2. The molecule has 0 aromatic heterocycles. The molecule has 0 aromatic carbocycles. The molecule has 0 aliphatic rings. The first-order valence-electron chi connectivity index (χ1n) is 11.9. The van der Waals surface area contributed by atoms with E-state index in [4.69, 9.17) is 9.66 Å². The van der Waals surface area contributed by atoms with Gasteiger partial charge in [-0.2, -0.15) is 8.42 Å². The van der Waals surface area contributed by atoms with Crippen molar-refractivity contribution in [1.29, 1.82) is 0 Å². The average molecular weight is 459 g/mol. The van der Waals surface area contributed by atoms with Crippen LogP contribution in [0.15, 0.2) is 12.2 Å². The maximum absolute atomic E-state index is 10.8. The van der Waals surface area contributed by atoms with E-state index in [0.29, 0.717) is 6.42 Å². The topological polar surface area (TPSA) is 101 Å². The van der Waals surface area contributed by atoms with Crippen LogP contribution in [0.25, 0.3) is 0 Å². The van der Waals surface area contributed by atoms with Crippen LogP contribution in [0.5, 0.6) is 0 Å². The molecule has 1 atom stereocenters. The Labute approximate surface area is 189 Å². The Morgan fingerprint density at radius 3 is 1.74 bits per heavy atom. The Morgan fingerprint density at radius 1 is 0.839 bits per heavy atom. The molecule has 31 heavy (non-hydrogen) atoms. The third-order valence-corrected chi connectivity index (χ3v) is 5.42. The van der Waals surface area contributed by atoms with Crippen molar-refractivity contribution in [3.05, 3.63) is 12.2 Å². The highest BCUT2D eigenvalue weighted by atomic mass is 32.3. The Kier molecular flexibility index (Phi) is 19.6. The van der Waals surface area contributed by atoms with Gasteiger partial charge in [0.05, 0.1) is 0 Å². The smallest absolute Gasteiger partial charge is 0.399 e. The van der Waals surface area contributed by atoms with Crippen molar-refractivity contribution in [2.75, 3.05) is 0 Å². The summed E-state index contributed by atoms with van der Waals surface area (Å²) in [6.45, 7) is 2.24. The summed E-state index contributed by atoms with van der Waals surface area (Å²) >= 11 is 0. The predicted molar refractivity (Wildman–Crippen MR) is 125 cm³/mol. The molecule has 0 heterocycles. The lowest BCUT2D eigenvalue weighted by atomic mass is 10.0. The molecule has 0 saturated heterocycles. The maximum atomic E-state index is 10.8. The summed E-state index contributed by atoms with van der Waals surface area (Å²) in [6, 6.07) is 0. The van der Waals surface area contributed by atoms with Gasteiger partial charge in [0, 0.05) is 6.42 Å². The van der Waals surface area contributed by atoms with Crippen molar-refractivity contribution in [2.45, 2.75) is 122 Å². The van der Waals surface area contributed by atoms with Gasteiger partial charge >= 0.3 is 16.4 Å². The van der Waals surface area contributed by atoms with Crippen molar-refractivity contribution in [2.24, 2.45) is 0 Å². The minimum atomic E-state index is -4.83. The van der Waals surface area contributed by atoms with Gasteiger partial charge in [0.25, 0.3) is 0 Å². The van der Waals surface area contributed by atoms with Gasteiger partial charge in [0.2, 0.25) is 6.10 Å². The van der Waals surface area contributed by atoms with E-state index in [0.717, 1.165) is 19.3 Å². The van der Waals surface area contributed by atoms with Crippen molar-refractivity contribution in [1.82, 2.24) is 0 Å². The van der Waals surface area contributed by atoms with Gasteiger partial charge < -0.3 is 5.11 Å². The molecular weight excluding hydrogens is 416 g/mol. The molecule has 0 aliphatic heterocycles. The van der Waals surface area contributed by atoms with Gasteiger partial charge in [-0.25, -0.2) is 8.98 Å². The Bertz CT molecular complexity index is 630. The Hall–Kier alpha value is -1.36. The predicted octanol–water partition coefficient (Wildman–Crippen LogP) is 6.47. The second-order valence-corrected chi connectivity index (χ2v) is 9.01. The zero-order chi connectivity index (χ0) is 23.2. The fourth-order valence-corrected chi connectivity index (χ4v) is 3.60. The molecule has 2 N–H and O–H groups in total. The second-order valence-electron chi connectivity index (χ2n) is 7.96. The Morgan fingerprint density at radius 2 is 1.29 bits per heavy atom. The molecule has 0 fully saturated rings. The summed E-state index contributed by atoms with van der Waals surface area (Å²) in [5.74, 6) is 3.28. The minimum Gasteiger partial charge on any atom is -0.479 e. The molecule has 0 bridgehead atoms. The first-order chi connectivity index (χ1) is 14.9. The monoisotopic (exact) mass is 458 g/mol. The molecule has 0 unspecified atom stereocenters. The lowest BCUT2D eigenvalue weighted by Gasteiger charge is -2.03. The third-order valence-electron chi connectivity index (χ3n) is 4.99. The van der Waals surface area contributed by atoms with Crippen LogP contribution in [0.1, 0.15) is 116 Å². The number of allylic oxidation sites excluding steroid dienone is 2. The molecule has 0 spiro atoms. The van der Waals surface area contributed by atoms with E-state index in [1.807, 2.05) is 0 Å². The largest absolute Gasteiger partial charge is 0.479 e. The van der Waals surface area contributed by atoms with Crippen LogP contribution in [0, 0.1) is 11.8 Å². The van der Waals surface area contributed by atoms with Gasteiger partial charge in [-0.05, 0) is 32.1 Å². The lowest BCUT2D eigenvalue weighted by molar-refractivity contribution is -0.142. The van der Waals surface area contributed by atoms with Gasteiger partial charge in [0.1, 0.15) is 0 Å².